The van der Waals surface area contributed by atoms with Crippen molar-refractivity contribution in [3.8, 4) is 11.5 Å². The second kappa shape index (κ2) is 58.4. The zero-order chi connectivity index (χ0) is 88.1. The van der Waals surface area contributed by atoms with Crippen LogP contribution in [0.4, 0.5) is 34.1 Å². The number of methoxy groups -OCH3 is 2. The van der Waals surface area contributed by atoms with Crippen LogP contribution < -0.4 is 192 Å². The maximum absolute atomic E-state index is 12.3. The summed E-state index contributed by atoms with van der Waals surface area (Å²) in [5.41, 5.74) is 6.20. The minimum atomic E-state index is -5.10. The van der Waals surface area contributed by atoms with E-state index in [2.05, 4.69) is 85.8 Å². The molecule has 0 aliphatic heterocycles. The van der Waals surface area contributed by atoms with Gasteiger partial charge in [-0.1, -0.05) is 128 Å². The Balaban J connectivity index is 0.000000949. The van der Waals surface area contributed by atoms with E-state index in [0.717, 1.165) is 84.2 Å². The van der Waals surface area contributed by atoms with Crippen LogP contribution in [0.1, 0.15) is 98.8 Å². The zero-order valence-electron chi connectivity index (χ0n) is 71.1. The Morgan fingerprint density at radius 3 is 1.42 bits per heavy atom. The van der Waals surface area contributed by atoms with Gasteiger partial charge in [0.2, 0.25) is 0 Å². The van der Waals surface area contributed by atoms with Gasteiger partial charge in [-0.2, -0.15) is 53.7 Å². The van der Waals surface area contributed by atoms with Crippen molar-refractivity contribution in [2.45, 2.75) is 128 Å². The van der Waals surface area contributed by atoms with Gasteiger partial charge in [-0.05, 0) is 130 Å². The fourth-order valence-electron chi connectivity index (χ4n) is 10.4. The molecule has 10 rings (SSSR count). The molecule has 0 bridgehead atoms. The summed E-state index contributed by atoms with van der Waals surface area (Å²) in [6.07, 6.45) is 4.83. The smallest absolute Gasteiger partial charge is 0.754 e. The Morgan fingerprint density at radius 1 is 0.476 bits per heavy atom. The van der Waals surface area contributed by atoms with Gasteiger partial charge in [0.15, 0.2) is 26.3 Å². The van der Waals surface area contributed by atoms with Gasteiger partial charge in [-0.25, -0.2) is 53.6 Å². The number of nitrogens with one attached hydrogen (secondary N) is 1. The second-order valence-corrected chi connectivity index (χ2v) is 37.1. The van der Waals surface area contributed by atoms with Crippen molar-refractivity contribution in [3.05, 3.63) is 197 Å². The van der Waals surface area contributed by atoms with Crippen LogP contribution in [0.2, 0.25) is 0 Å². The molecule has 2 N–H and O–H groups in total. The number of aryl methyl sites for hydroxylation is 3. The van der Waals surface area contributed by atoms with Gasteiger partial charge in [0, 0.05) is 87.1 Å². The third-order valence-electron chi connectivity index (χ3n) is 16.1. The van der Waals surface area contributed by atoms with Crippen LogP contribution in [-0.4, -0.2) is 167 Å². The fourth-order valence-corrected chi connectivity index (χ4v) is 17.4. The number of anilines is 1. The molecule has 126 heavy (non-hydrogen) atoms. The van der Waals surface area contributed by atoms with Crippen LogP contribution in [0, 0.1) is 26.8 Å². The summed E-state index contributed by atoms with van der Waals surface area (Å²) in [6, 6.07) is 39.0. The summed E-state index contributed by atoms with van der Waals surface area (Å²) in [5, 5.41) is 39.2. The summed E-state index contributed by atoms with van der Waals surface area (Å²) in [7, 11) is -23.6. The molecule has 10 aromatic rings. The Hall–Kier alpha value is -3.72. The largest absolute Gasteiger partial charge is 1.00 e. The number of carbonyl (C=O) groups excluding carboxylic acids is 1. The van der Waals surface area contributed by atoms with Crippen LogP contribution >= 0.6 is 47.0 Å². The molecule has 640 valence electrons. The molecule has 8 aromatic carbocycles. The van der Waals surface area contributed by atoms with Gasteiger partial charge < -0.3 is 42.7 Å². The monoisotopic (exact) mass is 1970 g/mol. The van der Waals surface area contributed by atoms with Gasteiger partial charge in [0.25, 0.3) is 5.91 Å². The number of hydrogen-bond acceptors (Lipinski definition) is 38. The van der Waals surface area contributed by atoms with Crippen LogP contribution in [0.3, 0.4) is 0 Å². The molecule has 35 nitrogen and oxygen atoms in total. The van der Waals surface area contributed by atoms with Gasteiger partial charge in [-0.15, -0.1) is 34.6 Å². The number of aliphatic hydroxyl groups is 1. The van der Waals surface area contributed by atoms with E-state index in [1.165, 1.54) is 80.3 Å². The standard InChI is InChI=1S/C29H33N5O10S5.C28H30N5O7S4.C18H19N3O2.6Na.O3S/c1-4-5-10-45-28-30-27(31-29(32-28)46-11-7-12-47(35,36)37)14-19-13-18(2)23(17-24(19)44-3)34-33-20-15-22-21(26(16-20)49(41,42)43)8-6-9-25(22)48(38,39)40;1-3-4-13-41-27-29-26(30-28(31-27)42-14-6-15-43(34,35)36)16-20-10-12-22(18-24(20)40-2)33-32-21-11-9-19-7-5-8-25(23(19)17-21)44(37,38)39;1-12-8-10-15(11-9-12)20-21-17(14(3)22)18(23)19-16-7-5-4-6-13(16)2;;;;;;;1-4(2)3/h6,8-9,13,15-17H,4-5,7,10-12,14H2,1-3H3,(H,35,36,37)(H,38,39,40)(H,41,42,43);7-12,17-18H,3-4,6,13-16H2,1-2H3,(H,34,35,36)(H,37,38,39);4-11,22H,1-3H3,(H,19,23);;;;;;;/q;-1;;6*+1;/p-5. The van der Waals surface area contributed by atoms with Crippen LogP contribution in [0.25, 0.3) is 21.5 Å². The maximum atomic E-state index is 12.3. The number of amides is 1. The number of ether oxygens (including phenoxy) is 2. The van der Waals surface area contributed by atoms with Crippen molar-refractivity contribution in [1.82, 2.24) is 29.9 Å². The van der Waals surface area contributed by atoms with E-state index in [4.69, 9.17) is 22.1 Å². The molecule has 0 aliphatic carbocycles. The first kappa shape index (κ1) is 120. The van der Waals surface area contributed by atoms with Crippen molar-refractivity contribution >= 4 is 170 Å². The number of unbranched alkanes of at least 4 members (excludes halogenated alkanes) is 2. The Morgan fingerprint density at radius 2 is 0.937 bits per heavy atom. The first-order valence-corrected chi connectivity index (χ1v) is 47.9. The van der Waals surface area contributed by atoms with E-state index in [0.29, 0.717) is 107 Å². The van der Waals surface area contributed by atoms with Crippen molar-refractivity contribution in [1.29, 1.82) is 0 Å². The molecule has 0 atom stereocenters. The van der Waals surface area contributed by atoms with E-state index in [1.54, 1.807) is 67.6 Å². The van der Waals surface area contributed by atoms with E-state index in [9.17, 15) is 74.8 Å². The molecular formula is C75H77N13Na6O22S10. The number of fused-ring (bicyclic) bond motifs is 2. The molecule has 0 unspecified atom stereocenters. The van der Waals surface area contributed by atoms with E-state index >= 15 is 0 Å². The predicted octanol–water partition coefficient (Wildman–Crippen LogP) is -3.43. The number of carbonyl (C=O) groups is 1. The SMILES string of the molecule is CC(O)=C(N=Nc1ccc(C)cc1)C(=O)Nc1ccccc1C.CCCCSc1nc(Cc2cc(C)c(N=Nc3cc(S(=O)(=O)[O-])c4cccc(S(=O)(=O)[O-])c4c3)cc2OC)nc(SCCCS(=O)(=O)[O-])n1.CCCCSc1nc(Cc2ccc(N=Nc3ccc4c[c-]cc(S(=O)(=O)[O-])c4c3)cc2OC)nc(SCCCS(=O)(=O)[O-])n1.O=S(=O)=O.[Na+].[Na+].[Na+].[Na+].[Na+].[Na+]. The van der Waals surface area contributed by atoms with E-state index in [-0.39, 0.29) is 235 Å². The summed E-state index contributed by atoms with van der Waals surface area (Å²) < 4.78 is 209. The molecule has 0 fully saturated rings. The number of hydrogen-bond donors (Lipinski definition) is 2. The predicted molar refractivity (Wildman–Crippen MR) is 447 cm³/mol. The van der Waals surface area contributed by atoms with Crippen LogP contribution in [0.15, 0.2) is 217 Å². The average molecular weight is 1970 g/mol. The zero-order valence-corrected chi connectivity index (χ0v) is 91.3. The minimum Gasteiger partial charge on any atom is -0.754 e. The third-order valence-corrected chi connectivity index (χ3v) is 24.1. The molecular weight excluding hydrogens is 1890 g/mol. The Labute approximate surface area is 882 Å². The van der Waals surface area contributed by atoms with Crippen molar-refractivity contribution in [3.63, 3.8) is 0 Å². The Bertz CT molecular complexity index is 6230. The van der Waals surface area contributed by atoms with Crippen molar-refractivity contribution < 1.29 is 274 Å². The van der Waals surface area contributed by atoms with E-state index < -0.39 is 88.4 Å². The first-order valence-electron chi connectivity index (χ1n) is 35.6. The van der Waals surface area contributed by atoms with Gasteiger partial charge in [0.1, 0.15) is 49.1 Å². The maximum Gasteiger partial charge on any atom is 1.00 e. The molecule has 1 amide bonds. The second-order valence-electron chi connectivity index (χ2n) is 25.4. The average Bonchev–Trinajstić information content (AvgIpc) is 0.755. The number of rotatable bonds is 35. The fraction of sp³-hybridized carbons (Fsp3) is 0.293. The van der Waals surface area contributed by atoms with Crippen LogP contribution in [-0.2, 0) is 78.8 Å². The number of azo groups is 3. The van der Waals surface area contributed by atoms with Crippen molar-refractivity contribution in [2.24, 2.45) is 30.7 Å². The normalized spacial score (nSPS) is 11.6. The number of para-hydroxylation sites is 1. The number of aromatic nitrogens is 6. The number of allylic oxidation sites excluding steroid dienone is 1. The number of nitrogens with zero attached hydrogens (tertiary/aromatic N) is 12. The number of aliphatic hydroxyl groups excluding tert-OH is 1. The number of thioether (sulfide) groups is 4. The van der Waals surface area contributed by atoms with Crippen LogP contribution in [0.5, 0.6) is 11.5 Å². The van der Waals surface area contributed by atoms with Gasteiger partial charge in [-0.3, -0.25) is 13.2 Å². The molecule has 2 aromatic heterocycles. The third kappa shape index (κ3) is 41.8. The summed E-state index contributed by atoms with van der Waals surface area (Å²) >= 11 is 5.47. The van der Waals surface area contributed by atoms with Gasteiger partial charge in [0.05, 0.1) is 82.8 Å². The molecule has 0 spiro atoms. The quantitative estimate of drug-likeness (QED) is 0.00571. The summed E-state index contributed by atoms with van der Waals surface area (Å²) in [4.78, 5) is 37.7. The van der Waals surface area contributed by atoms with Crippen molar-refractivity contribution in [2.75, 3.05) is 54.1 Å². The van der Waals surface area contributed by atoms with Gasteiger partial charge >= 0.3 is 188 Å². The molecule has 0 aliphatic rings. The molecule has 0 saturated carbocycles. The minimum absolute atomic E-state index is 0. The first-order chi connectivity index (χ1) is 56.6. The number of benzene rings is 8. The van der Waals surface area contributed by atoms with E-state index in [1.807, 2.05) is 50.2 Å². The Kier molecular flexibility index (Phi) is 55.8. The molecule has 0 saturated heterocycles. The summed E-state index contributed by atoms with van der Waals surface area (Å²) in [6.45, 7) is 11.2. The molecule has 0 radical (unpaired) electrons. The molecule has 51 heteroatoms. The molecule has 2 heterocycles. The summed E-state index contributed by atoms with van der Waals surface area (Å²) in [5.74, 6) is 2.52. The topological polar surface area (TPSA) is 556 Å².